The fraction of sp³-hybridized carbons (Fsp3) is 0.188. The first-order valence-electron chi connectivity index (χ1n) is 6.52. The Morgan fingerprint density at radius 2 is 1.95 bits per heavy atom. The summed E-state index contributed by atoms with van der Waals surface area (Å²) >= 11 is 14.0. The van der Waals surface area contributed by atoms with E-state index < -0.39 is 0 Å². The van der Waals surface area contributed by atoms with Gasteiger partial charge in [0.05, 0.1) is 15.8 Å². The Balaban J connectivity index is 2.06. The smallest absolute Gasteiger partial charge is 0.238 e. The normalized spacial score (nSPS) is 18.3. The molecule has 0 aliphatic carbocycles. The number of thioether (sulfide) groups is 1. The van der Waals surface area contributed by atoms with Gasteiger partial charge in [-0.1, -0.05) is 47.5 Å². The van der Waals surface area contributed by atoms with Gasteiger partial charge in [-0.25, -0.2) is 0 Å². The second-order valence-electron chi connectivity index (χ2n) is 4.91. The van der Waals surface area contributed by atoms with Crippen molar-refractivity contribution in [3.8, 4) is 0 Å². The predicted molar refractivity (Wildman–Crippen MR) is 90.3 cm³/mol. The molecule has 1 saturated heterocycles. The summed E-state index contributed by atoms with van der Waals surface area (Å²) in [4.78, 5) is 14.1. The minimum Gasteiger partial charge on any atom is -0.295 e. The zero-order valence-electron chi connectivity index (χ0n) is 11.3. The summed E-state index contributed by atoms with van der Waals surface area (Å²) in [7, 11) is 0. The number of aryl methyl sites for hydroxylation is 1. The molecule has 0 radical (unpaired) electrons. The van der Waals surface area contributed by atoms with Crippen molar-refractivity contribution in [2.24, 2.45) is 0 Å². The number of carbonyl (C=O) groups is 1. The maximum Gasteiger partial charge on any atom is 0.238 e. The minimum atomic E-state index is -0.134. The summed E-state index contributed by atoms with van der Waals surface area (Å²) in [6, 6.07) is 13.5. The molecule has 3 rings (SSSR count). The molecule has 0 aromatic heterocycles. The molecule has 0 N–H and O–H groups in total. The monoisotopic (exact) mass is 337 g/mol. The molecule has 108 valence electrons. The van der Waals surface area contributed by atoms with Crippen LogP contribution < -0.4 is 4.90 Å². The summed E-state index contributed by atoms with van der Waals surface area (Å²) in [6.07, 6.45) is 0. The molecule has 2 aromatic carbocycles. The number of carbonyl (C=O) groups excluding carboxylic acids is 1. The molecule has 1 heterocycles. The van der Waals surface area contributed by atoms with Crippen LogP contribution in [0.1, 0.15) is 16.5 Å². The Labute approximate surface area is 138 Å². The zero-order chi connectivity index (χ0) is 15.0. The van der Waals surface area contributed by atoms with E-state index in [1.807, 2.05) is 43.3 Å². The molecule has 0 bridgehead atoms. The Morgan fingerprint density at radius 1 is 1.19 bits per heavy atom. The van der Waals surface area contributed by atoms with E-state index >= 15 is 0 Å². The molecule has 0 saturated carbocycles. The predicted octanol–water partition coefficient (Wildman–Crippen LogP) is 5.08. The third-order valence-corrected chi connectivity index (χ3v) is 5.42. The number of nitrogens with zero attached hydrogens (tertiary/aromatic N) is 1. The second kappa shape index (κ2) is 5.91. The highest BCUT2D eigenvalue weighted by Crippen LogP contribution is 2.45. The van der Waals surface area contributed by atoms with Crippen molar-refractivity contribution in [1.82, 2.24) is 0 Å². The molecule has 1 aliphatic heterocycles. The summed E-state index contributed by atoms with van der Waals surface area (Å²) in [5.74, 6) is 0.535. The van der Waals surface area contributed by atoms with Gasteiger partial charge in [-0.3, -0.25) is 9.69 Å². The molecular weight excluding hydrogens is 325 g/mol. The van der Waals surface area contributed by atoms with E-state index in [1.165, 1.54) is 0 Å². The van der Waals surface area contributed by atoms with Gasteiger partial charge in [-0.15, -0.1) is 11.8 Å². The van der Waals surface area contributed by atoms with Gasteiger partial charge in [0.2, 0.25) is 5.91 Å². The molecule has 2 nitrogen and oxygen atoms in total. The van der Waals surface area contributed by atoms with Crippen LogP contribution in [0.3, 0.4) is 0 Å². The first-order valence-corrected chi connectivity index (χ1v) is 8.32. The van der Waals surface area contributed by atoms with Gasteiger partial charge in [-0.05, 0) is 30.7 Å². The summed E-state index contributed by atoms with van der Waals surface area (Å²) in [5.41, 5.74) is 2.89. The third-order valence-electron chi connectivity index (χ3n) is 3.40. The molecule has 1 aliphatic rings. The molecule has 0 unspecified atom stereocenters. The SMILES string of the molecule is Cc1cccc(N2C(=O)CS[C@@H]2c2cccc(Cl)c2Cl)c1. The number of rotatable bonds is 2. The average Bonchev–Trinajstić information content (AvgIpc) is 2.83. The van der Waals surface area contributed by atoms with Crippen LogP contribution in [-0.2, 0) is 4.79 Å². The number of amides is 1. The van der Waals surface area contributed by atoms with Crippen LogP contribution in [0.25, 0.3) is 0 Å². The van der Waals surface area contributed by atoms with Gasteiger partial charge in [-0.2, -0.15) is 0 Å². The first-order chi connectivity index (χ1) is 10.1. The van der Waals surface area contributed by atoms with Gasteiger partial charge < -0.3 is 0 Å². The largest absolute Gasteiger partial charge is 0.295 e. The van der Waals surface area contributed by atoms with E-state index in [0.29, 0.717) is 15.8 Å². The lowest BCUT2D eigenvalue weighted by molar-refractivity contribution is -0.115. The van der Waals surface area contributed by atoms with Crippen molar-refractivity contribution in [2.45, 2.75) is 12.3 Å². The van der Waals surface area contributed by atoms with Crippen LogP contribution in [0.2, 0.25) is 10.0 Å². The summed E-state index contributed by atoms with van der Waals surface area (Å²) in [6.45, 7) is 2.01. The van der Waals surface area contributed by atoms with E-state index in [-0.39, 0.29) is 11.3 Å². The molecule has 0 spiro atoms. The van der Waals surface area contributed by atoms with Gasteiger partial charge in [0.25, 0.3) is 0 Å². The number of anilines is 1. The highest BCUT2D eigenvalue weighted by molar-refractivity contribution is 8.00. The van der Waals surface area contributed by atoms with Crippen LogP contribution in [0.4, 0.5) is 5.69 Å². The first kappa shape index (κ1) is 14.8. The van der Waals surface area contributed by atoms with Gasteiger partial charge in [0.1, 0.15) is 5.37 Å². The number of benzene rings is 2. The number of halogens is 2. The number of hydrogen-bond donors (Lipinski definition) is 0. The standard InChI is InChI=1S/C16H13Cl2NOS/c1-10-4-2-5-11(8-10)19-14(20)9-21-16(19)12-6-3-7-13(17)15(12)18/h2-8,16H,9H2,1H3/t16-/m1/s1. The summed E-state index contributed by atoms with van der Waals surface area (Å²) in [5, 5.41) is 0.896. The van der Waals surface area contributed by atoms with Crippen molar-refractivity contribution in [1.29, 1.82) is 0 Å². The van der Waals surface area contributed by atoms with Crippen LogP contribution >= 0.6 is 35.0 Å². The van der Waals surface area contributed by atoms with Crippen LogP contribution in [-0.4, -0.2) is 11.7 Å². The van der Waals surface area contributed by atoms with Crippen molar-refractivity contribution < 1.29 is 4.79 Å². The average molecular weight is 338 g/mol. The molecule has 1 amide bonds. The van der Waals surface area contributed by atoms with Gasteiger partial charge in [0.15, 0.2) is 0 Å². The summed E-state index contributed by atoms with van der Waals surface area (Å²) < 4.78 is 0. The Morgan fingerprint density at radius 3 is 2.71 bits per heavy atom. The van der Waals surface area contributed by atoms with Gasteiger partial charge >= 0.3 is 0 Å². The Kier molecular flexibility index (Phi) is 4.16. The molecular formula is C16H13Cl2NOS. The lowest BCUT2D eigenvalue weighted by Crippen LogP contribution is -2.28. The fourth-order valence-electron chi connectivity index (χ4n) is 2.42. The van der Waals surface area contributed by atoms with Crippen molar-refractivity contribution in [2.75, 3.05) is 10.7 Å². The zero-order valence-corrected chi connectivity index (χ0v) is 13.7. The molecule has 21 heavy (non-hydrogen) atoms. The highest BCUT2D eigenvalue weighted by atomic mass is 35.5. The van der Waals surface area contributed by atoms with E-state index in [4.69, 9.17) is 23.2 Å². The molecule has 2 aromatic rings. The lowest BCUT2D eigenvalue weighted by atomic mass is 10.1. The van der Waals surface area contributed by atoms with Crippen LogP contribution in [0.5, 0.6) is 0 Å². The van der Waals surface area contributed by atoms with E-state index in [2.05, 4.69) is 0 Å². The van der Waals surface area contributed by atoms with Gasteiger partial charge in [0, 0.05) is 11.3 Å². The van der Waals surface area contributed by atoms with Crippen LogP contribution in [0.15, 0.2) is 42.5 Å². The van der Waals surface area contributed by atoms with E-state index in [0.717, 1.165) is 16.8 Å². The topological polar surface area (TPSA) is 20.3 Å². The van der Waals surface area contributed by atoms with E-state index in [9.17, 15) is 4.79 Å². The Hall–Kier alpha value is -1.16. The fourth-order valence-corrected chi connectivity index (χ4v) is 4.10. The molecule has 1 fully saturated rings. The van der Waals surface area contributed by atoms with E-state index in [1.54, 1.807) is 22.7 Å². The van der Waals surface area contributed by atoms with Crippen molar-refractivity contribution in [3.63, 3.8) is 0 Å². The lowest BCUT2D eigenvalue weighted by Gasteiger charge is -2.25. The maximum absolute atomic E-state index is 12.3. The molecule has 1 atom stereocenters. The van der Waals surface area contributed by atoms with Crippen LogP contribution in [0, 0.1) is 6.92 Å². The maximum atomic E-state index is 12.3. The van der Waals surface area contributed by atoms with Crippen molar-refractivity contribution >= 4 is 46.6 Å². The Bertz CT molecular complexity index is 704. The quantitative estimate of drug-likeness (QED) is 0.761. The number of hydrogen-bond acceptors (Lipinski definition) is 2. The highest BCUT2D eigenvalue weighted by Gasteiger charge is 2.35. The minimum absolute atomic E-state index is 0.0895. The third kappa shape index (κ3) is 2.78. The second-order valence-corrected chi connectivity index (χ2v) is 6.76. The molecule has 5 heteroatoms. The van der Waals surface area contributed by atoms with Crippen molar-refractivity contribution in [3.05, 3.63) is 63.6 Å².